The van der Waals surface area contributed by atoms with Crippen LogP contribution >= 0.6 is 0 Å². The Balaban J connectivity index is 2.82. The van der Waals surface area contributed by atoms with Gasteiger partial charge in [-0.3, -0.25) is 4.79 Å². The van der Waals surface area contributed by atoms with Gasteiger partial charge in [-0.05, 0) is 26.8 Å². The summed E-state index contributed by atoms with van der Waals surface area (Å²) in [4.78, 5) is 11.7. The maximum atomic E-state index is 12.1. The van der Waals surface area contributed by atoms with Crippen molar-refractivity contribution in [2.75, 3.05) is 7.11 Å². The molecule has 0 aromatic heterocycles. The average Bonchev–Trinajstić information content (AvgIpc) is 2.27. The molecule has 20 heavy (non-hydrogen) atoms. The standard InChI is InChI=1S/C14H18F2O4/c1-14(2,3)20-12(17)7-9-5-6-10(19-13(15)16)8-11(9)18-4/h5-6,8,13H,7H2,1-4H3. The molecule has 0 aliphatic carbocycles. The fourth-order valence-electron chi connectivity index (χ4n) is 1.58. The van der Waals surface area contributed by atoms with Crippen LogP contribution in [-0.4, -0.2) is 25.3 Å². The van der Waals surface area contributed by atoms with E-state index in [0.29, 0.717) is 11.3 Å². The largest absolute Gasteiger partial charge is 0.496 e. The van der Waals surface area contributed by atoms with Crippen molar-refractivity contribution in [3.8, 4) is 11.5 Å². The average molecular weight is 288 g/mol. The number of ether oxygens (including phenoxy) is 3. The first kappa shape index (κ1) is 16.2. The molecule has 4 nitrogen and oxygen atoms in total. The third-order valence-corrected chi connectivity index (χ3v) is 2.24. The molecule has 0 saturated carbocycles. The second-order valence-corrected chi connectivity index (χ2v) is 5.12. The van der Waals surface area contributed by atoms with Gasteiger partial charge in [0.15, 0.2) is 0 Å². The van der Waals surface area contributed by atoms with Gasteiger partial charge in [0.05, 0.1) is 13.5 Å². The molecule has 0 heterocycles. The zero-order chi connectivity index (χ0) is 15.3. The third kappa shape index (κ3) is 5.42. The molecule has 6 heteroatoms. The maximum Gasteiger partial charge on any atom is 0.387 e. The molecule has 0 saturated heterocycles. The van der Waals surface area contributed by atoms with E-state index in [1.807, 2.05) is 0 Å². The van der Waals surface area contributed by atoms with Gasteiger partial charge in [-0.2, -0.15) is 8.78 Å². The molecule has 1 aromatic rings. The first-order valence-corrected chi connectivity index (χ1v) is 6.05. The molecule has 0 aliphatic rings. The van der Waals surface area contributed by atoms with Crippen LogP contribution in [0.5, 0.6) is 11.5 Å². The normalized spacial score (nSPS) is 11.3. The summed E-state index contributed by atoms with van der Waals surface area (Å²) < 4.78 is 38.8. The third-order valence-electron chi connectivity index (χ3n) is 2.24. The molecule has 0 unspecified atom stereocenters. The van der Waals surface area contributed by atoms with Gasteiger partial charge in [0.2, 0.25) is 0 Å². The SMILES string of the molecule is COc1cc(OC(F)F)ccc1CC(=O)OC(C)(C)C. The van der Waals surface area contributed by atoms with Crippen LogP contribution in [0.15, 0.2) is 18.2 Å². The predicted octanol–water partition coefficient (Wildman–Crippen LogP) is 3.18. The van der Waals surface area contributed by atoms with Crippen molar-refractivity contribution >= 4 is 5.97 Å². The van der Waals surface area contributed by atoms with E-state index < -0.39 is 18.2 Å². The van der Waals surface area contributed by atoms with Crippen LogP contribution in [0.4, 0.5) is 8.78 Å². The molecule has 0 bridgehead atoms. The number of benzene rings is 1. The van der Waals surface area contributed by atoms with Gasteiger partial charge in [-0.25, -0.2) is 0 Å². The Hall–Kier alpha value is -1.85. The summed E-state index contributed by atoms with van der Waals surface area (Å²) in [5.41, 5.74) is -0.0355. The number of halogens is 2. The Labute approximate surface area is 116 Å². The molecule has 1 rings (SSSR count). The van der Waals surface area contributed by atoms with Crippen LogP contribution in [0.3, 0.4) is 0 Å². The van der Waals surface area contributed by atoms with Gasteiger partial charge in [0.1, 0.15) is 17.1 Å². The van der Waals surface area contributed by atoms with Gasteiger partial charge >= 0.3 is 12.6 Å². The Kier molecular flexibility index (Phi) is 5.30. The number of carbonyl (C=O) groups excluding carboxylic acids is 1. The Morgan fingerprint density at radius 3 is 2.45 bits per heavy atom. The summed E-state index contributed by atoms with van der Waals surface area (Å²) >= 11 is 0. The zero-order valence-electron chi connectivity index (χ0n) is 11.9. The summed E-state index contributed by atoms with van der Waals surface area (Å²) in [5, 5.41) is 0. The van der Waals surface area contributed by atoms with Crippen molar-refractivity contribution in [2.45, 2.75) is 39.4 Å². The lowest BCUT2D eigenvalue weighted by Crippen LogP contribution is -2.25. The number of esters is 1. The van der Waals surface area contributed by atoms with E-state index in [-0.39, 0.29) is 12.2 Å². The lowest BCUT2D eigenvalue weighted by molar-refractivity contribution is -0.153. The van der Waals surface area contributed by atoms with Crippen LogP contribution in [0.25, 0.3) is 0 Å². The van der Waals surface area contributed by atoms with Gasteiger partial charge in [0.25, 0.3) is 0 Å². The zero-order valence-corrected chi connectivity index (χ0v) is 11.9. The Morgan fingerprint density at radius 1 is 1.30 bits per heavy atom. The van der Waals surface area contributed by atoms with Crippen LogP contribution < -0.4 is 9.47 Å². The first-order valence-electron chi connectivity index (χ1n) is 6.05. The van der Waals surface area contributed by atoms with Crippen LogP contribution in [-0.2, 0) is 16.0 Å². The summed E-state index contributed by atoms with van der Waals surface area (Å²) in [7, 11) is 1.39. The molecule has 112 valence electrons. The van der Waals surface area contributed by atoms with Gasteiger partial charge < -0.3 is 14.2 Å². The summed E-state index contributed by atoms with van der Waals surface area (Å²) in [5.74, 6) is -0.142. The highest BCUT2D eigenvalue weighted by atomic mass is 19.3. The van der Waals surface area contributed by atoms with Crippen molar-refractivity contribution in [2.24, 2.45) is 0 Å². The van der Waals surface area contributed by atoms with Gasteiger partial charge in [0, 0.05) is 11.6 Å². The van der Waals surface area contributed by atoms with Crippen molar-refractivity contribution in [3.63, 3.8) is 0 Å². The molecule has 0 aliphatic heterocycles. The lowest BCUT2D eigenvalue weighted by atomic mass is 10.1. The second kappa shape index (κ2) is 6.54. The number of hydrogen-bond donors (Lipinski definition) is 0. The molecule has 0 amide bonds. The Bertz CT molecular complexity index is 467. The molecule has 0 radical (unpaired) electrons. The van der Waals surface area contributed by atoms with Crippen LogP contribution in [0.1, 0.15) is 26.3 Å². The summed E-state index contributed by atoms with van der Waals surface area (Å²) in [6.07, 6.45) is -0.00456. The van der Waals surface area contributed by atoms with Gasteiger partial charge in [-0.15, -0.1) is 0 Å². The smallest absolute Gasteiger partial charge is 0.387 e. The minimum absolute atomic E-state index is 0.00456. The quantitative estimate of drug-likeness (QED) is 0.781. The van der Waals surface area contributed by atoms with Gasteiger partial charge in [-0.1, -0.05) is 6.07 Å². The maximum absolute atomic E-state index is 12.1. The van der Waals surface area contributed by atoms with Crippen molar-refractivity contribution in [1.29, 1.82) is 0 Å². The van der Waals surface area contributed by atoms with E-state index in [1.54, 1.807) is 20.8 Å². The van der Waals surface area contributed by atoms with E-state index in [0.717, 1.165) is 0 Å². The molecular formula is C14H18F2O4. The second-order valence-electron chi connectivity index (χ2n) is 5.12. The molecule has 0 fully saturated rings. The highest BCUT2D eigenvalue weighted by Gasteiger charge is 2.18. The fourth-order valence-corrected chi connectivity index (χ4v) is 1.58. The molecular weight excluding hydrogens is 270 g/mol. The molecule has 0 atom stereocenters. The number of alkyl halides is 2. The minimum atomic E-state index is -2.91. The first-order chi connectivity index (χ1) is 9.21. The Morgan fingerprint density at radius 2 is 1.95 bits per heavy atom. The van der Waals surface area contributed by atoms with Crippen LogP contribution in [0, 0.1) is 0 Å². The fraction of sp³-hybridized carbons (Fsp3) is 0.500. The van der Waals surface area contributed by atoms with Crippen molar-refractivity contribution in [3.05, 3.63) is 23.8 Å². The highest BCUT2D eigenvalue weighted by Crippen LogP contribution is 2.26. The summed E-state index contributed by atoms with van der Waals surface area (Å²) in [6.45, 7) is 2.39. The van der Waals surface area contributed by atoms with Crippen LogP contribution in [0.2, 0.25) is 0 Å². The number of methoxy groups -OCH3 is 1. The van der Waals surface area contributed by atoms with E-state index >= 15 is 0 Å². The predicted molar refractivity (Wildman–Crippen MR) is 69.2 cm³/mol. The highest BCUT2D eigenvalue weighted by molar-refractivity contribution is 5.74. The minimum Gasteiger partial charge on any atom is -0.496 e. The topological polar surface area (TPSA) is 44.8 Å². The molecule has 0 N–H and O–H groups in total. The van der Waals surface area contributed by atoms with E-state index in [9.17, 15) is 13.6 Å². The van der Waals surface area contributed by atoms with E-state index in [1.165, 1.54) is 25.3 Å². The number of rotatable bonds is 5. The molecule has 0 spiro atoms. The summed E-state index contributed by atoms with van der Waals surface area (Å²) in [6, 6.07) is 4.17. The van der Waals surface area contributed by atoms with E-state index in [2.05, 4.69) is 4.74 Å². The molecule has 1 aromatic carbocycles. The lowest BCUT2D eigenvalue weighted by Gasteiger charge is -2.20. The number of carbonyl (C=O) groups is 1. The van der Waals surface area contributed by atoms with Crippen molar-refractivity contribution in [1.82, 2.24) is 0 Å². The van der Waals surface area contributed by atoms with E-state index in [4.69, 9.17) is 9.47 Å². The van der Waals surface area contributed by atoms with Crippen molar-refractivity contribution < 1.29 is 27.8 Å². The number of hydrogen-bond acceptors (Lipinski definition) is 4. The monoisotopic (exact) mass is 288 g/mol.